The van der Waals surface area contributed by atoms with E-state index in [1.165, 1.54) is 12.1 Å². The van der Waals surface area contributed by atoms with Crippen LogP contribution in [0.5, 0.6) is 0 Å². The highest BCUT2D eigenvalue weighted by atomic mass is 19.1. The first kappa shape index (κ1) is 14.9. The number of aryl methyl sites for hydroxylation is 1. The zero-order chi connectivity index (χ0) is 15.7. The zero-order valence-electron chi connectivity index (χ0n) is 12.9. The first-order valence-corrected chi connectivity index (χ1v) is 7.57. The summed E-state index contributed by atoms with van der Waals surface area (Å²) in [5, 5.41) is 0.589. The Kier molecular flexibility index (Phi) is 4.07. The predicted octanol–water partition coefficient (Wildman–Crippen LogP) is 2.72. The molecule has 116 valence electrons. The van der Waals surface area contributed by atoms with E-state index in [0.717, 1.165) is 17.7 Å². The van der Waals surface area contributed by atoms with Crippen molar-refractivity contribution in [2.24, 2.45) is 0 Å². The number of nitrogens with zero attached hydrogens (tertiary/aromatic N) is 2. The molecule has 1 saturated heterocycles. The van der Waals surface area contributed by atoms with Crippen molar-refractivity contribution < 1.29 is 13.9 Å². The number of hydrogen-bond acceptors (Lipinski definition) is 3. The molecule has 22 heavy (non-hydrogen) atoms. The summed E-state index contributed by atoms with van der Waals surface area (Å²) in [7, 11) is 0. The molecule has 0 atom stereocenters. The molecular weight excluding hydrogens is 283 g/mol. The van der Waals surface area contributed by atoms with Crippen molar-refractivity contribution in [3.63, 3.8) is 0 Å². The monoisotopic (exact) mass is 302 g/mol. The van der Waals surface area contributed by atoms with Gasteiger partial charge < -0.3 is 9.64 Å². The van der Waals surface area contributed by atoms with Gasteiger partial charge in [0.25, 0.3) is 5.91 Å². The van der Waals surface area contributed by atoms with Crippen molar-refractivity contribution in [2.45, 2.75) is 20.3 Å². The standard InChI is InChI=1S/C17H19FN2O2/c1-3-14-11(2)16(17(21)20-6-8-22-9-7-20)13-10-12(18)4-5-15(13)19-14/h4-5,10H,3,6-9H2,1-2H3. The summed E-state index contributed by atoms with van der Waals surface area (Å²) in [6, 6.07) is 4.43. The Morgan fingerprint density at radius 2 is 2.09 bits per heavy atom. The Balaban J connectivity index is 2.18. The lowest BCUT2D eigenvalue weighted by Crippen LogP contribution is -2.41. The number of carbonyl (C=O) groups is 1. The fraction of sp³-hybridized carbons (Fsp3) is 0.412. The van der Waals surface area contributed by atoms with E-state index in [1.54, 1.807) is 11.0 Å². The van der Waals surface area contributed by atoms with Crippen LogP contribution in [-0.2, 0) is 11.2 Å². The maximum atomic E-state index is 13.7. The van der Waals surface area contributed by atoms with Crippen LogP contribution in [0.25, 0.3) is 10.9 Å². The van der Waals surface area contributed by atoms with Crippen molar-refractivity contribution >= 4 is 16.8 Å². The number of benzene rings is 1. The van der Waals surface area contributed by atoms with Crippen molar-refractivity contribution in [2.75, 3.05) is 26.3 Å². The fourth-order valence-corrected chi connectivity index (χ4v) is 2.93. The molecule has 0 unspecified atom stereocenters. The first-order valence-electron chi connectivity index (χ1n) is 7.57. The van der Waals surface area contributed by atoms with Gasteiger partial charge in [-0.05, 0) is 37.1 Å². The Morgan fingerprint density at radius 3 is 2.77 bits per heavy atom. The van der Waals surface area contributed by atoms with E-state index in [4.69, 9.17) is 4.74 Å². The zero-order valence-corrected chi connectivity index (χ0v) is 12.9. The Bertz CT molecular complexity index is 724. The topological polar surface area (TPSA) is 42.4 Å². The number of carbonyl (C=O) groups excluding carboxylic acids is 1. The second-order valence-corrected chi connectivity index (χ2v) is 5.48. The van der Waals surface area contributed by atoms with Gasteiger partial charge in [-0.15, -0.1) is 0 Å². The number of amides is 1. The summed E-state index contributed by atoms with van der Waals surface area (Å²) >= 11 is 0. The molecule has 0 saturated carbocycles. The SMILES string of the molecule is CCc1nc2ccc(F)cc2c(C(=O)N2CCOCC2)c1C. The molecule has 1 aromatic heterocycles. The lowest BCUT2D eigenvalue weighted by Gasteiger charge is -2.28. The summed E-state index contributed by atoms with van der Waals surface area (Å²) in [5.41, 5.74) is 2.97. The van der Waals surface area contributed by atoms with Crippen LogP contribution < -0.4 is 0 Å². The van der Waals surface area contributed by atoms with Crippen LogP contribution in [0.15, 0.2) is 18.2 Å². The number of pyridine rings is 1. The predicted molar refractivity (Wildman–Crippen MR) is 82.5 cm³/mol. The van der Waals surface area contributed by atoms with E-state index in [1.807, 2.05) is 13.8 Å². The van der Waals surface area contributed by atoms with Gasteiger partial charge in [-0.25, -0.2) is 4.39 Å². The van der Waals surface area contributed by atoms with E-state index in [9.17, 15) is 9.18 Å². The second kappa shape index (κ2) is 6.01. The fourth-order valence-electron chi connectivity index (χ4n) is 2.93. The number of morpholine rings is 1. The molecule has 0 radical (unpaired) electrons. The Hall–Kier alpha value is -2.01. The normalized spacial score (nSPS) is 15.3. The summed E-state index contributed by atoms with van der Waals surface area (Å²) in [5.74, 6) is -0.414. The maximum absolute atomic E-state index is 13.7. The molecule has 0 bridgehead atoms. The van der Waals surface area contributed by atoms with Crippen LogP contribution in [0.2, 0.25) is 0 Å². The van der Waals surface area contributed by atoms with Gasteiger partial charge in [-0.1, -0.05) is 6.92 Å². The van der Waals surface area contributed by atoms with E-state index < -0.39 is 0 Å². The Morgan fingerprint density at radius 1 is 1.36 bits per heavy atom. The first-order chi connectivity index (χ1) is 10.6. The van der Waals surface area contributed by atoms with Crippen molar-refractivity contribution in [1.82, 2.24) is 9.88 Å². The van der Waals surface area contributed by atoms with Gasteiger partial charge in [0.1, 0.15) is 5.82 Å². The molecule has 1 amide bonds. The van der Waals surface area contributed by atoms with Crippen molar-refractivity contribution in [3.8, 4) is 0 Å². The average Bonchev–Trinajstić information content (AvgIpc) is 2.54. The molecule has 2 aromatic rings. The molecule has 1 aliphatic rings. The van der Waals surface area contributed by atoms with E-state index in [2.05, 4.69) is 4.98 Å². The highest BCUT2D eigenvalue weighted by molar-refractivity contribution is 6.07. The summed E-state index contributed by atoms with van der Waals surface area (Å²) in [6.45, 7) is 6.13. The number of fused-ring (bicyclic) bond motifs is 1. The average molecular weight is 302 g/mol. The minimum atomic E-state index is -0.353. The van der Waals surface area contributed by atoms with Gasteiger partial charge in [0.15, 0.2) is 0 Å². The molecule has 0 N–H and O–H groups in total. The quantitative estimate of drug-likeness (QED) is 0.856. The lowest BCUT2D eigenvalue weighted by molar-refractivity contribution is 0.0303. The van der Waals surface area contributed by atoms with Gasteiger partial charge in [0.2, 0.25) is 0 Å². The minimum Gasteiger partial charge on any atom is -0.378 e. The second-order valence-electron chi connectivity index (χ2n) is 5.48. The van der Waals surface area contributed by atoms with Gasteiger partial charge in [0, 0.05) is 24.2 Å². The van der Waals surface area contributed by atoms with Gasteiger partial charge in [0.05, 0.1) is 24.3 Å². The highest BCUT2D eigenvalue weighted by Crippen LogP contribution is 2.26. The number of rotatable bonds is 2. The van der Waals surface area contributed by atoms with Crippen LogP contribution in [0.3, 0.4) is 0 Å². The number of hydrogen-bond donors (Lipinski definition) is 0. The molecule has 1 aromatic carbocycles. The van der Waals surface area contributed by atoms with Crippen LogP contribution in [0, 0.1) is 12.7 Å². The molecule has 0 spiro atoms. The molecule has 5 heteroatoms. The smallest absolute Gasteiger partial charge is 0.255 e. The third kappa shape index (κ3) is 2.57. The molecule has 4 nitrogen and oxygen atoms in total. The van der Waals surface area contributed by atoms with Gasteiger partial charge in [-0.3, -0.25) is 9.78 Å². The molecule has 1 fully saturated rings. The van der Waals surface area contributed by atoms with Crippen LogP contribution in [0.4, 0.5) is 4.39 Å². The van der Waals surface area contributed by atoms with Crippen LogP contribution in [-0.4, -0.2) is 42.1 Å². The van der Waals surface area contributed by atoms with E-state index in [-0.39, 0.29) is 11.7 Å². The van der Waals surface area contributed by atoms with Gasteiger partial charge in [-0.2, -0.15) is 0 Å². The number of halogens is 1. The number of ether oxygens (including phenoxy) is 1. The van der Waals surface area contributed by atoms with Crippen molar-refractivity contribution in [3.05, 3.63) is 40.8 Å². The maximum Gasteiger partial charge on any atom is 0.255 e. The number of aromatic nitrogens is 1. The molecular formula is C17H19FN2O2. The molecule has 3 rings (SSSR count). The van der Waals surface area contributed by atoms with Gasteiger partial charge >= 0.3 is 0 Å². The third-order valence-corrected chi connectivity index (χ3v) is 4.14. The molecule has 0 aliphatic carbocycles. The lowest BCUT2D eigenvalue weighted by atomic mass is 9.99. The third-order valence-electron chi connectivity index (χ3n) is 4.14. The van der Waals surface area contributed by atoms with Crippen molar-refractivity contribution in [1.29, 1.82) is 0 Å². The summed E-state index contributed by atoms with van der Waals surface area (Å²) in [6.07, 6.45) is 0.739. The minimum absolute atomic E-state index is 0.0616. The van der Waals surface area contributed by atoms with E-state index >= 15 is 0 Å². The highest BCUT2D eigenvalue weighted by Gasteiger charge is 2.24. The summed E-state index contributed by atoms with van der Waals surface area (Å²) < 4.78 is 19.0. The molecule has 2 heterocycles. The van der Waals surface area contributed by atoms with Crippen LogP contribution >= 0.6 is 0 Å². The molecule has 1 aliphatic heterocycles. The van der Waals surface area contributed by atoms with Crippen LogP contribution in [0.1, 0.15) is 28.5 Å². The Labute approximate surface area is 128 Å². The summed E-state index contributed by atoms with van der Waals surface area (Å²) in [4.78, 5) is 19.3. The van der Waals surface area contributed by atoms with E-state index in [0.29, 0.717) is 42.8 Å². The largest absolute Gasteiger partial charge is 0.378 e.